The summed E-state index contributed by atoms with van der Waals surface area (Å²) in [4.78, 5) is 0. The summed E-state index contributed by atoms with van der Waals surface area (Å²) in [5, 5.41) is 6.26. The van der Waals surface area contributed by atoms with E-state index < -0.39 is 5.82 Å². The molecule has 2 N–H and O–H groups in total. The van der Waals surface area contributed by atoms with Crippen molar-refractivity contribution >= 4 is 40.3 Å². The van der Waals surface area contributed by atoms with Gasteiger partial charge in [-0.05, 0) is 61.1 Å². The molecule has 2 rings (SSSR count). The monoisotopic (exact) mass is 312 g/mol. The van der Waals surface area contributed by atoms with Gasteiger partial charge in [0.15, 0.2) is 5.11 Å². The Balaban J connectivity index is 2.09. The van der Waals surface area contributed by atoms with Gasteiger partial charge in [0, 0.05) is 5.69 Å². The summed E-state index contributed by atoms with van der Waals surface area (Å²) in [6, 6.07) is 8.46. The Morgan fingerprint density at radius 2 is 1.85 bits per heavy atom. The molecule has 0 bridgehead atoms. The molecule has 0 fully saturated rings. The average Bonchev–Trinajstić information content (AvgIpc) is 2.38. The maximum absolute atomic E-state index is 13.1. The molecule has 0 aromatic heterocycles. The summed E-state index contributed by atoms with van der Waals surface area (Å²) in [5.41, 5.74) is 1.50. The fourth-order valence-corrected chi connectivity index (χ4v) is 1.99. The van der Waals surface area contributed by atoms with Crippen molar-refractivity contribution in [2.24, 2.45) is 0 Å². The Morgan fingerprint density at radius 1 is 1.10 bits per heavy atom. The van der Waals surface area contributed by atoms with Crippen LogP contribution in [0, 0.1) is 18.6 Å². The van der Waals surface area contributed by atoms with Crippen LogP contribution in [-0.4, -0.2) is 5.11 Å². The van der Waals surface area contributed by atoms with Gasteiger partial charge in [-0.1, -0.05) is 11.6 Å². The molecule has 104 valence electrons. The van der Waals surface area contributed by atoms with Gasteiger partial charge in [0.25, 0.3) is 0 Å². The Hall–Kier alpha value is -1.72. The number of aryl methyl sites for hydroxylation is 1. The minimum Gasteiger partial charge on any atom is -0.332 e. The lowest BCUT2D eigenvalue weighted by atomic mass is 10.2. The second-order valence-corrected chi connectivity index (χ2v) is 4.98. The number of thiocarbonyl (C=S) groups is 1. The van der Waals surface area contributed by atoms with Gasteiger partial charge >= 0.3 is 0 Å². The van der Waals surface area contributed by atoms with Gasteiger partial charge in [0.1, 0.15) is 11.6 Å². The van der Waals surface area contributed by atoms with Crippen LogP contribution in [0.25, 0.3) is 0 Å². The van der Waals surface area contributed by atoms with Crippen LogP contribution < -0.4 is 10.6 Å². The van der Waals surface area contributed by atoms with Crippen molar-refractivity contribution in [2.45, 2.75) is 6.92 Å². The number of nitrogens with one attached hydrogen (secondary N) is 2. The van der Waals surface area contributed by atoms with Crippen molar-refractivity contribution in [2.75, 3.05) is 10.6 Å². The molecule has 0 heterocycles. The zero-order chi connectivity index (χ0) is 14.7. The lowest BCUT2D eigenvalue weighted by Gasteiger charge is -2.12. The van der Waals surface area contributed by atoms with Crippen LogP contribution in [0.5, 0.6) is 0 Å². The highest BCUT2D eigenvalue weighted by Crippen LogP contribution is 2.23. The number of halogens is 3. The third kappa shape index (κ3) is 3.65. The largest absolute Gasteiger partial charge is 0.332 e. The van der Waals surface area contributed by atoms with Crippen LogP contribution in [0.3, 0.4) is 0 Å². The van der Waals surface area contributed by atoms with E-state index in [4.69, 9.17) is 23.8 Å². The molecule has 2 aromatic rings. The minimum absolute atomic E-state index is 0.239. The topological polar surface area (TPSA) is 24.1 Å². The molecule has 0 atom stereocenters. The summed E-state index contributed by atoms with van der Waals surface area (Å²) in [6.07, 6.45) is 0. The van der Waals surface area contributed by atoms with Crippen molar-refractivity contribution in [3.05, 3.63) is 58.6 Å². The average molecular weight is 313 g/mol. The Morgan fingerprint density at radius 3 is 2.55 bits per heavy atom. The zero-order valence-corrected chi connectivity index (χ0v) is 12.1. The standard InChI is InChI=1S/C14H11ClF2N2S/c1-8-6-10(3-5-12(8)17)18-14(20)19-13-7-9(16)2-4-11(13)15/h2-7H,1H3,(H2,18,19,20). The highest BCUT2D eigenvalue weighted by molar-refractivity contribution is 7.80. The van der Waals surface area contributed by atoms with E-state index in [0.717, 1.165) is 0 Å². The molecular formula is C14H11ClF2N2S. The number of benzene rings is 2. The predicted molar refractivity (Wildman–Crippen MR) is 82.4 cm³/mol. The molecule has 6 heteroatoms. The fourth-order valence-electron chi connectivity index (χ4n) is 1.60. The lowest BCUT2D eigenvalue weighted by molar-refractivity contribution is 0.619. The molecule has 0 aliphatic rings. The molecular weight excluding hydrogens is 302 g/mol. The third-order valence-electron chi connectivity index (χ3n) is 2.59. The summed E-state index contributed by atoms with van der Waals surface area (Å²) in [6.45, 7) is 1.65. The van der Waals surface area contributed by atoms with Crippen molar-refractivity contribution < 1.29 is 8.78 Å². The summed E-state index contributed by atoms with van der Waals surface area (Å²) >= 11 is 11.0. The van der Waals surface area contributed by atoms with E-state index in [2.05, 4.69) is 10.6 Å². The lowest BCUT2D eigenvalue weighted by Crippen LogP contribution is -2.19. The Bertz CT molecular complexity index is 662. The molecule has 0 aliphatic carbocycles. The van der Waals surface area contributed by atoms with E-state index in [1.54, 1.807) is 19.1 Å². The van der Waals surface area contributed by atoms with Crippen LogP contribution in [0.2, 0.25) is 5.02 Å². The summed E-state index contributed by atoms with van der Waals surface area (Å²) in [7, 11) is 0. The molecule has 0 radical (unpaired) electrons. The molecule has 2 nitrogen and oxygen atoms in total. The van der Waals surface area contributed by atoms with Crippen molar-refractivity contribution in [1.29, 1.82) is 0 Å². The smallest absolute Gasteiger partial charge is 0.175 e. The predicted octanol–water partition coefficient (Wildman–Crippen LogP) is 4.74. The Kier molecular flexibility index (Phi) is 4.52. The first kappa shape index (κ1) is 14.7. The normalized spacial score (nSPS) is 10.2. The summed E-state index contributed by atoms with van der Waals surface area (Å²) in [5.74, 6) is -0.708. The SMILES string of the molecule is Cc1cc(NC(=S)Nc2cc(F)ccc2Cl)ccc1F. The van der Waals surface area contributed by atoms with Gasteiger partial charge in [-0.25, -0.2) is 8.78 Å². The highest BCUT2D eigenvalue weighted by Gasteiger charge is 2.05. The van der Waals surface area contributed by atoms with Crippen LogP contribution in [0.1, 0.15) is 5.56 Å². The highest BCUT2D eigenvalue weighted by atomic mass is 35.5. The van der Waals surface area contributed by atoms with Gasteiger partial charge < -0.3 is 10.6 Å². The number of rotatable bonds is 2. The first-order valence-corrected chi connectivity index (χ1v) is 6.53. The molecule has 0 saturated heterocycles. The van der Waals surface area contributed by atoms with E-state index in [0.29, 0.717) is 22.0 Å². The van der Waals surface area contributed by atoms with E-state index in [1.165, 1.54) is 24.3 Å². The molecule has 0 spiro atoms. The van der Waals surface area contributed by atoms with Crippen LogP contribution in [0.4, 0.5) is 20.2 Å². The molecule has 0 unspecified atom stereocenters. The first-order valence-electron chi connectivity index (χ1n) is 5.75. The Labute approximate surface area is 125 Å². The summed E-state index contributed by atoms with van der Waals surface area (Å²) < 4.78 is 26.3. The van der Waals surface area contributed by atoms with Gasteiger partial charge in [-0.3, -0.25) is 0 Å². The second kappa shape index (κ2) is 6.15. The van der Waals surface area contributed by atoms with E-state index >= 15 is 0 Å². The first-order chi connectivity index (χ1) is 9.45. The van der Waals surface area contributed by atoms with Crippen molar-refractivity contribution in [3.8, 4) is 0 Å². The van der Waals surface area contributed by atoms with Crippen LogP contribution in [-0.2, 0) is 0 Å². The molecule has 0 amide bonds. The van der Waals surface area contributed by atoms with Gasteiger partial charge in [0.2, 0.25) is 0 Å². The number of hydrogen-bond acceptors (Lipinski definition) is 1. The maximum Gasteiger partial charge on any atom is 0.175 e. The van der Waals surface area contributed by atoms with Crippen molar-refractivity contribution in [1.82, 2.24) is 0 Å². The van der Waals surface area contributed by atoms with E-state index in [9.17, 15) is 8.78 Å². The quantitative estimate of drug-likeness (QED) is 0.784. The fraction of sp³-hybridized carbons (Fsp3) is 0.0714. The maximum atomic E-state index is 13.1. The van der Waals surface area contributed by atoms with Crippen molar-refractivity contribution in [3.63, 3.8) is 0 Å². The van der Waals surface area contributed by atoms with Gasteiger partial charge in [-0.15, -0.1) is 0 Å². The van der Waals surface area contributed by atoms with Crippen LogP contribution >= 0.6 is 23.8 Å². The third-order valence-corrected chi connectivity index (χ3v) is 3.13. The molecule has 2 aromatic carbocycles. The molecule has 0 aliphatic heterocycles. The zero-order valence-electron chi connectivity index (χ0n) is 10.5. The van der Waals surface area contributed by atoms with E-state index in [-0.39, 0.29) is 10.9 Å². The second-order valence-electron chi connectivity index (χ2n) is 4.17. The van der Waals surface area contributed by atoms with Gasteiger partial charge in [-0.2, -0.15) is 0 Å². The van der Waals surface area contributed by atoms with E-state index in [1.807, 2.05) is 0 Å². The molecule has 0 saturated carbocycles. The number of hydrogen-bond donors (Lipinski definition) is 2. The minimum atomic E-state index is -0.419. The van der Waals surface area contributed by atoms with Gasteiger partial charge in [0.05, 0.1) is 10.7 Å². The number of anilines is 2. The van der Waals surface area contributed by atoms with Crippen LogP contribution in [0.15, 0.2) is 36.4 Å². The molecule has 20 heavy (non-hydrogen) atoms.